The first kappa shape index (κ1) is 22.9. The number of benzene rings is 2. The van der Waals surface area contributed by atoms with Crippen LogP contribution in [-0.4, -0.2) is 41.4 Å². The summed E-state index contributed by atoms with van der Waals surface area (Å²) >= 11 is 6.06. The van der Waals surface area contributed by atoms with E-state index >= 15 is 0 Å². The SMILES string of the molecule is CCOC(=O)c1cnc(-c2ccc(OC)cc2)nc1N1CCc2noc(-c3ccc(Cl)cc3)c2C1. The summed E-state index contributed by atoms with van der Waals surface area (Å²) in [5.74, 6) is 1.98. The Labute approximate surface area is 207 Å². The largest absolute Gasteiger partial charge is 0.497 e. The van der Waals surface area contributed by atoms with Gasteiger partial charge in [-0.2, -0.15) is 0 Å². The molecule has 5 rings (SSSR count). The van der Waals surface area contributed by atoms with Crippen LogP contribution in [0, 0.1) is 0 Å². The maximum atomic E-state index is 12.8. The summed E-state index contributed by atoms with van der Waals surface area (Å²) in [6.45, 7) is 3.12. The van der Waals surface area contributed by atoms with Crippen molar-refractivity contribution in [3.05, 3.63) is 76.6 Å². The molecule has 0 unspecified atom stereocenters. The highest BCUT2D eigenvalue weighted by Crippen LogP contribution is 2.34. The molecular formula is C26H23ClN4O4. The van der Waals surface area contributed by atoms with Crippen molar-refractivity contribution in [1.29, 1.82) is 0 Å². The molecule has 1 aliphatic heterocycles. The van der Waals surface area contributed by atoms with E-state index in [-0.39, 0.29) is 6.61 Å². The van der Waals surface area contributed by atoms with Crippen molar-refractivity contribution >= 4 is 23.4 Å². The zero-order chi connectivity index (χ0) is 24.4. The second-order valence-electron chi connectivity index (χ2n) is 8.00. The summed E-state index contributed by atoms with van der Waals surface area (Å²) in [6.07, 6.45) is 2.18. The van der Waals surface area contributed by atoms with Crippen LogP contribution in [0.3, 0.4) is 0 Å². The van der Waals surface area contributed by atoms with E-state index in [4.69, 9.17) is 30.6 Å². The first-order valence-corrected chi connectivity index (χ1v) is 11.6. The number of fused-ring (bicyclic) bond motifs is 1. The third-order valence-electron chi connectivity index (χ3n) is 5.86. The molecule has 2 aromatic heterocycles. The van der Waals surface area contributed by atoms with Crippen molar-refractivity contribution in [3.63, 3.8) is 0 Å². The van der Waals surface area contributed by atoms with Crippen LogP contribution < -0.4 is 9.64 Å². The van der Waals surface area contributed by atoms with Gasteiger partial charge in [-0.05, 0) is 55.5 Å². The highest BCUT2D eigenvalue weighted by molar-refractivity contribution is 6.30. The number of nitrogens with zero attached hydrogens (tertiary/aromatic N) is 4. The molecule has 0 radical (unpaired) electrons. The van der Waals surface area contributed by atoms with E-state index in [2.05, 4.69) is 10.1 Å². The molecule has 4 aromatic rings. The van der Waals surface area contributed by atoms with Crippen LogP contribution in [0.25, 0.3) is 22.7 Å². The van der Waals surface area contributed by atoms with Crippen molar-refractivity contribution in [2.75, 3.05) is 25.2 Å². The minimum Gasteiger partial charge on any atom is -0.497 e. The number of methoxy groups -OCH3 is 1. The molecule has 0 spiro atoms. The van der Waals surface area contributed by atoms with Crippen LogP contribution in [0.4, 0.5) is 5.82 Å². The number of esters is 1. The summed E-state index contributed by atoms with van der Waals surface area (Å²) < 4.78 is 16.2. The number of hydrogen-bond donors (Lipinski definition) is 0. The molecule has 35 heavy (non-hydrogen) atoms. The third-order valence-corrected chi connectivity index (χ3v) is 6.11. The molecule has 178 valence electrons. The number of ether oxygens (including phenoxy) is 2. The van der Waals surface area contributed by atoms with Gasteiger partial charge in [0.1, 0.15) is 17.1 Å². The Morgan fingerprint density at radius 3 is 2.57 bits per heavy atom. The number of carbonyl (C=O) groups is 1. The van der Waals surface area contributed by atoms with Gasteiger partial charge in [0.05, 0.1) is 26.0 Å². The molecule has 1 aliphatic rings. The zero-order valence-electron chi connectivity index (χ0n) is 19.3. The van der Waals surface area contributed by atoms with Crippen LogP contribution in [0.5, 0.6) is 5.75 Å². The minimum absolute atomic E-state index is 0.259. The highest BCUT2D eigenvalue weighted by atomic mass is 35.5. The Hall–Kier alpha value is -3.91. The molecule has 0 saturated heterocycles. The van der Waals surface area contributed by atoms with Crippen molar-refractivity contribution in [2.24, 2.45) is 0 Å². The Kier molecular flexibility index (Phi) is 6.37. The fraction of sp³-hybridized carbons (Fsp3) is 0.231. The number of anilines is 1. The molecule has 0 fully saturated rings. The predicted molar refractivity (Wildman–Crippen MR) is 132 cm³/mol. The smallest absolute Gasteiger partial charge is 0.343 e. The lowest BCUT2D eigenvalue weighted by Crippen LogP contribution is -2.32. The molecule has 0 amide bonds. The highest BCUT2D eigenvalue weighted by Gasteiger charge is 2.29. The van der Waals surface area contributed by atoms with Gasteiger partial charge in [0.15, 0.2) is 11.6 Å². The molecule has 0 bridgehead atoms. The lowest BCUT2D eigenvalue weighted by atomic mass is 10.0. The Balaban J connectivity index is 1.53. The van der Waals surface area contributed by atoms with Gasteiger partial charge in [0, 0.05) is 40.9 Å². The van der Waals surface area contributed by atoms with Crippen molar-refractivity contribution in [3.8, 4) is 28.5 Å². The fourth-order valence-corrected chi connectivity index (χ4v) is 4.19. The second kappa shape index (κ2) is 9.76. The van der Waals surface area contributed by atoms with Gasteiger partial charge in [-0.3, -0.25) is 0 Å². The van der Waals surface area contributed by atoms with E-state index < -0.39 is 5.97 Å². The number of rotatable bonds is 6. The molecule has 2 aromatic carbocycles. The van der Waals surface area contributed by atoms with E-state index in [1.165, 1.54) is 6.20 Å². The standard InChI is InChI=1S/C26H23ClN4O4/c1-3-34-26(32)20-14-28-24(17-6-10-19(33-2)11-7-17)29-25(20)31-13-12-22-21(15-31)23(35-30-22)16-4-8-18(27)9-5-16/h4-11,14H,3,12-13,15H2,1-2H3. The molecule has 0 N–H and O–H groups in total. The van der Waals surface area contributed by atoms with E-state index in [1.54, 1.807) is 14.0 Å². The normalized spacial score (nSPS) is 12.8. The molecular weight excluding hydrogens is 468 g/mol. The average Bonchev–Trinajstić information content (AvgIpc) is 3.32. The van der Waals surface area contributed by atoms with Gasteiger partial charge < -0.3 is 18.9 Å². The number of hydrogen-bond acceptors (Lipinski definition) is 8. The number of carbonyl (C=O) groups excluding carboxylic acids is 1. The first-order valence-electron chi connectivity index (χ1n) is 11.2. The summed E-state index contributed by atoms with van der Waals surface area (Å²) in [7, 11) is 1.62. The van der Waals surface area contributed by atoms with Crippen LogP contribution >= 0.6 is 11.6 Å². The van der Waals surface area contributed by atoms with E-state index in [0.717, 1.165) is 28.1 Å². The number of aromatic nitrogens is 3. The lowest BCUT2D eigenvalue weighted by Gasteiger charge is -2.29. The Bertz CT molecular complexity index is 1350. The van der Waals surface area contributed by atoms with E-state index in [0.29, 0.717) is 47.5 Å². The Morgan fingerprint density at radius 2 is 1.86 bits per heavy atom. The lowest BCUT2D eigenvalue weighted by molar-refractivity contribution is 0.0526. The topological polar surface area (TPSA) is 90.6 Å². The fourth-order valence-electron chi connectivity index (χ4n) is 4.07. The van der Waals surface area contributed by atoms with Crippen LogP contribution in [0.2, 0.25) is 5.02 Å². The molecule has 0 aliphatic carbocycles. The Morgan fingerprint density at radius 1 is 1.11 bits per heavy atom. The quantitative estimate of drug-likeness (QED) is 0.341. The minimum atomic E-state index is -0.460. The first-order chi connectivity index (χ1) is 17.1. The third kappa shape index (κ3) is 4.57. The zero-order valence-corrected chi connectivity index (χ0v) is 20.1. The van der Waals surface area contributed by atoms with Crippen molar-refractivity contribution < 1.29 is 18.8 Å². The van der Waals surface area contributed by atoms with Gasteiger partial charge in [0.2, 0.25) is 0 Å². The number of halogens is 1. The van der Waals surface area contributed by atoms with Gasteiger partial charge >= 0.3 is 5.97 Å². The maximum absolute atomic E-state index is 12.8. The van der Waals surface area contributed by atoms with Gasteiger partial charge in [0.25, 0.3) is 0 Å². The van der Waals surface area contributed by atoms with Crippen molar-refractivity contribution in [2.45, 2.75) is 19.9 Å². The maximum Gasteiger partial charge on any atom is 0.343 e. The van der Waals surface area contributed by atoms with Crippen molar-refractivity contribution in [1.82, 2.24) is 15.1 Å². The predicted octanol–water partition coefficient (Wildman–Crippen LogP) is 5.20. The summed E-state index contributed by atoms with van der Waals surface area (Å²) in [5, 5.41) is 4.93. The van der Waals surface area contributed by atoms with Gasteiger partial charge in [-0.1, -0.05) is 16.8 Å². The van der Waals surface area contributed by atoms with Crippen LogP contribution in [0.15, 0.2) is 59.3 Å². The molecule has 0 saturated carbocycles. The van der Waals surface area contributed by atoms with E-state index in [9.17, 15) is 4.79 Å². The summed E-state index contributed by atoms with van der Waals surface area (Å²) in [5.41, 5.74) is 3.87. The van der Waals surface area contributed by atoms with Crippen LogP contribution in [-0.2, 0) is 17.7 Å². The molecule has 8 nitrogen and oxygen atoms in total. The van der Waals surface area contributed by atoms with E-state index in [1.807, 2.05) is 53.4 Å². The monoisotopic (exact) mass is 490 g/mol. The van der Waals surface area contributed by atoms with Gasteiger partial charge in [-0.15, -0.1) is 0 Å². The molecule has 9 heteroatoms. The molecule has 0 atom stereocenters. The van der Waals surface area contributed by atoms with Crippen LogP contribution in [0.1, 0.15) is 28.5 Å². The second-order valence-corrected chi connectivity index (χ2v) is 8.43. The molecule has 3 heterocycles. The summed E-state index contributed by atoms with van der Waals surface area (Å²) in [6, 6.07) is 14.9. The summed E-state index contributed by atoms with van der Waals surface area (Å²) in [4.78, 5) is 24.1. The average molecular weight is 491 g/mol. The van der Waals surface area contributed by atoms with Gasteiger partial charge in [-0.25, -0.2) is 14.8 Å².